The minimum absolute atomic E-state index is 0.240. The fraction of sp³-hybridized carbons (Fsp3) is 0.294. The van der Waals surface area contributed by atoms with Crippen molar-refractivity contribution in [2.24, 2.45) is 0 Å². The van der Waals surface area contributed by atoms with E-state index < -0.39 is 27.8 Å². The first-order chi connectivity index (χ1) is 11.8. The molecule has 1 aromatic heterocycles. The van der Waals surface area contributed by atoms with Crippen LogP contribution in [0.4, 0.5) is 10.1 Å². The highest BCUT2D eigenvalue weighted by atomic mass is 32.2. The number of rotatable bonds is 7. The summed E-state index contributed by atoms with van der Waals surface area (Å²) < 4.78 is 38.6. The Hall–Kier alpha value is -2.48. The Morgan fingerprint density at radius 1 is 1.28 bits per heavy atom. The molecule has 134 valence electrons. The zero-order chi connectivity index (χ0) is 18.4. The van der Waals surface area contributed by atoms with Crippen LogP contribution < -0.4 is 9.62 Å². The van der Waals surface area contributed by atoms with E-state index in [0.29, 0.717) is 0 Å². The van der Waals surface area contributed by atoms with Gasteiger partial charge in [-0.2, -0.15) is 0 Å². The summed E-state index contributed by atoms with van der Waals surface area (Å²) in [5.41, 5.74) is 1.05. The van der Waals surface area contributed by atoms with E-state index in [1.807, 2.05) is 6.07 Å². The van der Waals surface area contributed by atoms with E-state index in [-0.39, 0.29) is 18.7 Å². The van der Waals surface area contributed by atoms with Crippen LogP contribution in [0, 0.1) is 5.82 Å². The Kier molecular flexibility index (Phi) is 6.08. The van der Waals surface area contributed by atoms with Gasteiger partial charge in [0, 0.05) is 18.9 Å². The molecule has 0 saturated carbocycles. The van der Waals surface area contributed by atoms with Crippen molar-refractivity contribution in [2.75, 3.05) is 10.6 Å². The maximum atomic E-state index is 13.1. The molecule has 1 heterocycles. The summed E-state index contributed by atoms with van der Waals surface area (Å²) >= 11 is 0. The highest BCUT2D eigenvalue weighted by Gasteiger charge is 2.31. The molecule has 0 aliphatic rings. The molecule has 2 rings (SSSR count). The Bertz CT molecular complexity index is 811. The molecule has 0 aliphatic heterocycles. The quantitative estimate of drug-likeness (QED) is 0.815. The zero-order valence-corrected chi connectivity index (χ0v) is 14.8. The predicted molar refractivity (Wildman–Crippen MR) is 93.9 cm³/mol. The van der Waals surface area contributed by atoms with Crippen LogP contribution in [0.2, 0.25) is 0 Å². The number of benzene rings is 1. The number of amides is 1. The number of hydrogen-bond acceptors (Lipinski definition) is 4. The van der Waals surface area contributed by atoms with E-state index >= 15 is 0 Å². The van der Waals surface area contributed by atoms with Gasteiger partial charge in [0.1, 0.15) is 11.9 Å². The van der Waals surface area contributed by atoms with Crippen LogP contribution in [0.25, 0.3) is 0 Å². The average Bonchev–Trinajstić information content (AvgIpc) is 2.58. The number of pyridine rings is 1. The number of nitrogens with one attached hydrogen (secondary N) is 1. The molecule has 25 heavy (non-hydrogen) atoms. The second-order valence-electron chi connectivity index (χ2n) is 5.54. The van der Waals surface area contributed by atoms with E-state index in [9.17, 15) is 17.6 Å². The number of halogens is 1. The van der Waals surface area contributed by atoms with Gasteiger partial charge in [0.05, 0.1) is 11.9 Å². The summed E-state index contributed by atoms with van der Waals surface area (Å²) in [6.45, 7) is 1.96. The topological polar surface area (TPSA) is 79.4 Å². The summed E-state index contributed by atoms with van der Waals surface area (Å²) in [7, 11) is -3.73. The maximum Gasteiger partial charge on any atom is 0.244 e. The van der Waals surface area contributed by atoms with Gasteiger partial charge in [0.15, 0.2) is 0 Å². The van der Waals surface area contributed by atoms with Gasteiger partial charge >= 0.3 is 0 Å². The third kappa shape index (κ3) is 4.99. The number of carbonyl (C=O) groups excluding carboxylic acids is 1. The molecule has 8 heteroatoms. The van der Waals surface area contributed by atoms with Crippen LogP contribution >= 0.6 is 0 Å². The van der Waals surface area contributed by atoms with Crippen LogP contribution in [0.1, 0.15) is 18.9 Å². The molecular weight excluding hydrogens is 345 g/mol. The van der Waals surface area contributed by atoms with Gasteiger partial charge in [-0.25, -0.2) is 12.8 Å². The molecule has 0 fully saturated rings. The molecule has 0 aliphatic carbocycles. The lowest BCUT2D eigenvalue weighted by Gasteiger charge is -2.30. The van der Waals surface area contributed by atoms with Gasteiger partial charge < -0.3 is 5.32 Å². The largest absolute Gasteiger partial charge is 0.350 e. The van der Waals surface area contributed by atoms with E-state index in [2.05, 4.69) is 10.3 Å². The van der Waals surface area contributed by atoms with Gasteiger partial charge in [-0.05, 0) is 42.3 Å². The van der Waals surface area contributed by atoms with E-state index in [4.69, 9.17) is 0 Å². The first-order valence-electron chi connectivity index (χ1n) is 7.74. The fourth-order valence-electron chi connectivity index (χ4n) is 2.46. The molecule has 6 nitrogen and oxygen atoms in total. The Balaban J connectivity index is 2.23. The number of hydrogen-bond donors (Lipinski definition) is 1. The zero-order valence-electron chi connectivity index (χ0n) is 14.0. The first kappa shape index (κ1) is 18.9. The molecular formula is C17H20FN3O3S. The molecule has 0 unspecified atom stereocenters. The van der Waals surface area contributed by atoms with Crippen LogP contribution in [0.15, 0.2) is 48.8 Å². The van der Waals surface area contributed by atoms with Crippen LogP contribution in [0.3, 0.4) is 0 Å². The summed E-state index contributed by atoms with van der Waals surface area (Å²) in [6, 6.07) is 7.63. The Labute approximate surface area is 146 Å². The van der Waals surface area contributed by atoms with Crippen molar-refractivity contribution in [2.45, 2.75) is 25.9 Å². The molecule has 0 radical (unpaired) electrons. The van der Waals surface area contributed by atoms with Crippen molar-refractivity contribution < 1.29 is 17.6 Å². The van der Waals surface area contributed by atoms with Crippen molar-refractivity contribution in [1.82, 2.24) is 10.3 Å². The molecule has 0 spiro atoms. The normalized spacial score (nSPS) is 12.4. The lowest BCUT2D eigenvalue weighted by atomic mass is 10.2. The van der Waals surface area contributed by atoms with Crippen molar-refractivity contribution in [3.63, 3.8) is 0 Å². The lowest BCUT2D eigenvalue weighted by molar-refractivity contribution is -0.122. The Morgan fingerprint density at radius 3 is 2.48 bits per heavy atom. The predicted octanol–water partition coefficient (Wildman–Crippen LogP) is 2.08. The lowest BCUT2D eigenvalue weighted by Crippen LogP contribution is -2.49. The number of aromatic nitrogens is 1. The summed E-state index contributed by atoms with van der Waals surface area (Å²) in [6.07, 6.45) is 4.53. The second kappa shape index (κ2) is 8.06. The molecule has 1 aromatic carbocycles. The molecule has 0 bridgehead atoms. The first-order valence-corrected chi connectivity index (χ1v) is 9.59. The molecule has 1 N–H and O–H groups in total. The minimum Gasteiger partial charge on any atom is -0.350 e. The summed E-state index contributed by atoms with van der Waals surface area (Å²) in [5, 5.41) is 2.72. The number of carbonyl (C=O) groups is 1. The summed E-state index contributed by atoms with van der Waals surface area (Å²) in [5.74, 6) is -0.910. The highest BCUT2D eigenvalue weighted by Crippen LogP contribution is 2.22. The molecule has 1 atom stereocenters. The van der Waals surface area contributed by atoms with E-state index in [1.54, 1.807) is 25.4 Å². The van der Waals surface area contributed by atoms with Gasteiger partial charge in [0.25, 0.3) is 0 Å². The Morgan fingerprint density at radius 2 is 1.96 bits per heavy atom. The van der Waals surface area contributed by atoms with Crippen LogP contribution in [-0.2, 0) is 21.4 Å². The number of anilines is 1. The molecule has 2 aromatic rings. The third-order valence-corrected chi connectivity index (χ3v) is 4.78. The van der Waals surface area contributed by atoms with Crippen LogP contribution in [-0.4, -0.2) is 31.6 Å². The van der Waals surface area contributed by atoms with Gasteiger partial charge in [0.2, 0.25) is 15.9 Å². The SMILES string of the molecule is CC[C@H](C(=O)NCc1cccnc1)N(c1ccc(F)cc1)S(C)(=O)=O. The van der Waals surface area contributed by atoms with Crippen molar-refractivity contribution >= 4 is 21.6 Å². The van der Waals surface area contributed by atoms with Crippen molar-refractivity contribution in [3.05, 3.63) is 60.2 Å². The van der Waals surface area contributed by atoms with Gasteiger partial charge in [-0.3, -0.25) is 14.1 Å². The minimum atomic E-state index is -3.73. The number of sulfonamides is 1. The van der Waals surface area contributed by atoms with Crippen molar-refractivity contribution in [1.29, 1.82) is 0 Å². The molecule has 1 amide bonds. The fourth-order valence-corrected chi connectivity index (χ4v) is 3.67. The standard InChI is InChI=1S/C17H20FN3O3S/c1-3-16(17(22)20-12-13-5-4-10-19-11-13)21(25(2,23)24)15-8-6-14(18)7-9-15/h4-11,16H,3,12H2,1-2H3,(H,20,22)/t16-/m1/s1. The van der Waals surface area contributed by atoms with Gasteiger partial charge in [-0.15, -0.1) is 0 Å². The second-order valence-corrected chi connectivity index (χ2v) is 7.40. The third-order valence-electron chi connectivity index (χ3n) is 3.60. The molecule has 0 saturated heterocycles. The van der Waals surface area contributed by atoms with E-state index in [0.717, 1.165) is 28.3 Å². The monoisotopic (exact) mass is 365 g/mol. The maximum absolute atomic E-state index is 13.1. The highest BCUT2D eigenvalue weighted by molar-refractivity contribution is 7.92. The smallest absolute Gasteiger partial charge is 0.244 e. The summed E-state index contributed by atoms with van der Waals surface area (Å²) in [4.78, 5) is 16.5. The average molecular weight is 365 g/mol. The van der Waals surface area contributed by atoms with Gasteiger partial charge in [-0.1, -0.05) is 13.0 Å². The van der Waals surface area contributed by atoms with Crippen molar-refractivity contribution in [3.8, 4) is 0 Å². The van der Waals surface area contributed by atoms with E-state index in [1.165, 1.54) is 12.1 Å². The number of nitrogens with zero attached hydrogens (tertiary/aromatic N) is 2. The van der Waals surface area contributed by atoms with Crippen LogP contribution in [0.5, 0.6) is 0 Å².